The van der Waals surface area contributed by atoms with Gasteiger partial charge in [-0.3, -0.25) is 4.79 Å². The summed E-state index contributed by atoms with van der Waals surface area (Å²) in [6.07, 6.45) is 4.12. The van der Waals surface area contributed by atoms with Gasteiger partial charge in [-0.2, -0.15) is 13.2 Å². The predicted octanol–water partition coefficient (Wildman–Crippen LogP) is 6.45. The lowest BCUT2D eigenvalue weighted by Gasteiger charge is -2.35. The van der Waals surface area contributed by atoms with Crippen LogP contribution in [0.4, 0.5) is 13.2 Å². The van der Waals surface area contributed by atoms with E-state index < -0.39 is 29.9 Å². The van der Waals surface area contributed by atoms with E-state index in [0.29, 0.717) is 12.8 Å². The molecule has 0 aliphatic rings. The number of carbonyl (C=O) groups is 2. The van der Waals surface area contributed by atoms with E-state index in [4.69, 9.17) is 9.47 Å². The maximum Gasteiger partial charge on any atom is 0.432 e. The largest absolute Gasteiger partial charge is 0.458 e. The molecule has 34 heavy (non-hydrogen) atoms. The van der Waals surface area contributed by atoms with Crippen LogP contribution in [0.3, 0.4) is 0 Å². The smallest absolute Gasteiger partial charge is 0.432 e. The summed E-state index contributed by atoms with van der Waals surface area (Å²) < 4.78 is 52.8. The molecule has 5 nitrogen and oxygen atoms in total. The van der Waals surface area contributed by atoms with Crippen LogP contribution in [0, 0.1) is 0 Å². The number of amides is 1. The Hall–Kier alpha value is -2.09. The molecule has 8 heteroatoms. The van der Waals surface area contributed by atoms with E-state index in [1.165, 1.54) is 63.3 Å². The Morgan fingerprint density at radius 2 is 1.47 bits per heavy atom. The predicted molar refractivity (Wildman–Crippen MR) is 126 cm³/mol. The number of unbranched alkanes of at least 4 members (excludes halogenated alkanes) is 8. The number of methoxy groups -OCH3 is 1. The molecule has 1 rings (SSSR count). The van der Waals surface area contributed by atoms with Gasteiger partial charge in [-0.25, -0.2) is 4.79 Å². The van der Waals surface area contributed by atoms with Crippen molar-refractivity contribution in [3.63, 3.8) is 0 Å². The molecule has 1 N–H and O–H groups in total. The molecule has 0 saturated heterocycles. The van der Waals surface area contributed by atoms with Crippen LogP contribution in [0.5, 0.6) is 0 Å². The van der Waals surface area contributed by atoms with Gasteiger partial charge in [0.05, 0.1) is 6.04 Å². The zero-order chi connectivity index (χ0) is 25.6. The summed E-state index contributed by atoms with van der Waals surface area (Å²) in [4.78, 5) is 24.6. The minimum atomic E-state index is -5.04. The van der Waals surface area contributed by atoms with E-state index in [1.807, 2.05) is 0 Å². The lowest BCUT2D eigenvalue weighted by atomic mass is 9.92. The van der Waals surface area contributed by atoms with Crippen LogP contribution in [0.25, 0.3) is 0 Å². The van der Waals surface area contributed by atoms with Crippen LogP contribution in [0.2, 0.25) is 0 Å². The second-order valence-electron chi connectivity index (χ2n) is 8.80. The van der Waals surface area contributed by atoms with Gasteiger partial charge in [-0.05, 0) is 19.8 Å². The first-order valence-electron chi connectivity index (χ1n) is 12.3. The molecule has 1 amide bonds. The highest BCUT2D eigenvalue weighted by Crippen LogP contribution is 2.43. The van der Waals surface area contributed by atoms with Gasteiger partial charge in [0.25, 0.3) is 5.60 Å². The van der Waals surface area contributed by atoms with Crippen molar-refractivity contribution in [1.29, 1.82) is 0 Å². The molecule has 1 aromatic carbocycles. The van der Waals surface area contributed by atoms with Crippen molar-refractivity contribution in [2.75, 3.05) is 7.11 Å². The van der Waals surface area contributed by atoms with Crippen LogP contribution < -0.4 is 5.32 Å². The Morgan fingerprint density at radius 3 is 1.94 bits per heavy atom. The minimum absolute atomic E-state index is 0.343. The molecular weight excluding hydrogens is 447 g/mol. The number of hydrogen-bond donors (Lipinski definition) is 1. The molecular formula is C26H40F3NO4. The summed E-state index contributed by atoms with van der Waals surface area (Å²) in [5.41, 5.74) is -3.61. The first-order valence-corrected chi connectivity index (χ1v) is 12.3. The van der Waals surface area contributed by atoms with E-state index in [0.717, 1.165) is 26.4 Å². The van der Waals surface area contributed by atoms with Crippen LogP contribution >= 0.6 is 0 Å². The summed E-state index contributed by atoms with van der Waals surface area (Å²) in [6, 6.07) is 6.09. The van der Waals surface area contributed by atoms with Crippen molar-refractivity contribution >= 4 is 11.9 Å². The molecule has 0 radical (unpaired) electrons. The summed E-state index contributed by atoms with van der Waals surface area (Å²) in [5.74, 6) is -1.88. The number of esters is 1. The van der Waals surface area contributed by atoms with Gasteiger partial charge in [0.1, 0.15) is 6.10 Å². The van der Waals surface area contributed by atoms with Gasteiger partial charge in [0, 0.05) is 19.6 Å². The Labute approximate surface area is 201 Å². The highest BCUT2D eigenvalue weighted by molar-refractivity contribution is 5.83. The van der Waals surface area contributed by atoms with Crippen molar-refractivity contribution in [2.24, 2.45) is 0 Å². The number of hydrogen-bond acceptors (Lipinski definition) is 4. The number of benzene rings is 1. The number of ether oxygens (including phenoxy) is 2. The molecule has 1 aromatic rings. The molecule has 0 aliphatic heterocycles. The zero-order valence-corrected chi connectivity index (χ0v) is 20.9. The fourth-order valence-electron chi connectivity index (χ4n) is 4.09. The molecule has 0 bridgehead atoms. The van der Waals surface area contributed by atoms with E-state index >= 15 is 0 Å². The number of halogens is 3. The number of rotatable bonds is 16. The third-order valence-corrected chi connectivity index (χ3v) is 6.01. The number of nitrogens with one attached hydrogen (secondary N) is 1. The maximum absolute atomic E-state index is 14.2. The lowest BCUT2D eigenvalue weighted by molar-refractivity contribution is -0.278. The van der Waals surface area contributed by atoms with Gasteiger partial charge in [-0.15, -0.1) is 0 Å². The van der Waals surface area contributed by atoms with Crippen molar-refractivity contribution in [1.82, 2.24) is 5.32 Å². The standard InChI is InChI=1S/C26H40F3NO4/c1-5-6-7-8-9-10-11-12-16-19-23(20(2)30-21(3)31)34-24(32)25(33-4,26(27,28)29)22-17-14-13-15-18-22/h13-15,17-18,20,23H,5-12,16,19H2,1-4H3,(H,30,31)/t20-,23-,25+/m0/s1. The maximum atomic E-state index is 14.2. The molecule has 0 saturated carbocycles. The minimum Gasteiger partial charge on any atom is -0.458 e. The Bertz CT molecular complexity index is 727. The van der Waals surface area contributed by atoms with Crippen molar-refractivity contribution in [3.8, 4) is 0 Å². The van der Waals surface area contributed by atoms with Crippen molar-refractivity contribution in [2.45, 2.75) is 109 Å². The number of carbonyl (C=O) groups excluding carboxylic acids is 2. The quantitative estimate of drug-likeness (QED) is 0.215. The summed E-state index contributed by atoms with van der Waals surface area (Å²) in [7, 11) is 0.842. The third kappa shape index (κ3) is 8.93. The molecule has 0 fully saturated rings. The highest BCUT2D eigenvalue weighted by atomic mass is 19.4. The molecule has 194 valence electrons. The van der Waals surface area contributed by atoms with Crippen LogP contribution in [0.15, 0.2) is 30.3 Å². The first kappa shape index (κ1) is 29.9. The second-order valence-corrected chi connectivity index (χ2v) is 8.80. The van der Waals surface area contributed by atoms with Crippen LogP contribution in [-0.2, 0) is 24.7 Å². The second kappa shape index (κ2) is 15.0. The Balaban J connectivity index is 2.88. The van der Waals surface area contributed by atoms with Crippen molar-refractivity contribution in [3.05, 3.63) is 35.9 Å². The summed E-state index contributed by atoms with van der Waals surface area (Å²) in [6.45, 7) is 5.11. The molecule has 0 aromatic heterocycles. The fraction of sp³-hybridized carbons (Fsp3) is 0.692. The molecule has 3 atom stereocenters. The molecule has 0 heterocycles. The average molecular weight is 488 g/mol. The van der Waals surface area contributed by atoms with Gasteiger partial charge in [0.15, 0.2) is 0 Å². The Kier molecular flexibility index (Phi) is 13.2. The molecule has 0 unspecified atom stereocenters. The van der Waals surface area contributed by atoms with E-state index in [-0.39, 0.29) is 11.5 Å². The monoisotopic (exact) mass is 487 g/mol. The topological polar surface area (TPSA) is 64.6 Å². The fourth-order valence-corrected chi connectivity index (χ4v) is 4.09. The van der Waals surface area contributed by atoms with Crippen LogP contribution in [0.1, 0.15) is 90.5 Å². The normalized spacial score (nSPS) is 15.3. The van der Waals surface area contributed by atoms with E-state index in [9.17, 15) is 22.8 Å². The lowest BCUT2D eigenvalue weighted by Crippen LogP contribution is -2.54. The molecule has 0 spiro atoms. The van der Waals surface area contributed by atoms with Gasteiger partial charge < -0.3 is 14.8 Å². The SMILES string of the molecule is CCCCCCCCCCC[C@H](OC(=O)[C@](OC)(c1ccccc1)C(F)(F)F)[C@H](C)NC(C)=O. The average Bonchev–Trinajstić information content (AvgIpc) is 2.77. The zero-order valence-electron chi connectivity index (χ0n) is 20.9. The third-order valence-electron chi connectivity index (χ3n) is 6.01. The van der Waals surface area contributed by atoms with Gasteiger partial charge >= 0.3 is 12.1 Å². The van der Waals surface area contributed by atoms with Gasteiger partial charge in [-0.1, -0.05) is 88.6 Å². The van der Waals surface area contributed by atoms with Gasteiger partial charge in [0.2, 0.25) is 5.91 Å². The first-order chi connectivity index (χ1) is 16.1. The highest BCUT2D eigenvalue weighted by Gasteiger charge is 2.64. The van der Waals surface area contributed by atoms with E-state index in [1.54, 1.807) is 13.0 Å². The van der Waals surface area contributed by atoms with Crippen molar-refractivity contribution < 1.29 is 32.2 Å². The molecule has 0 aliphatic carbocycles. The van der Waals surface area contributed by atoms with Crippen LogP contribution in [-0.4, -0.2) is 37.3 Å². The Morgan fingerprint density at radius 1 is 0.941 bits per heavy atom. The summed E-state index contributed by atoms with van der Waals surface area (Å²) >= 11 is 0. The summed E-state index contributed by atoms with van der Waals surface area (Å²) in [5, 5.41) is 2.64. The van der Waals surface area contributed by atoms with E-state index in [2.05, 4.69) is 12.2 Å². The number of alkyl halides is 3.